The second-order valence-electron chi connectivity index (χ2n) is 6.76. The molecule has 1 atom stereocenters. The fourth-order valence-corrected chi connectivity index (χ4v) is 3.27. The summed E-state index contributed by atoms with van der Waals surface area (Å²) in [6, 6.07) is 19.9. The van der Waals surface area contributed by atoms with E-state index in [4.69, 9.17) is 21.1 Å². The number of halogens is 1. The highest BCUT2D eigenvalue weighted by Gasteiger charge is 2.27. The number of nitrogens with zero attached hydrogens (tertiary/aromatic N) is 1. The first-order chi connectivity index (χ1) is 14.6. The summed E-state index contributed by atoms with van der Waals surface area (Å²) in [5, 5.41) is 14.7. The number of hydrazone groups is 1. The van der Waals surface area contributed by atoms with Crippen molar-refractivity contribution < 1.29 is 19.4 Å². The fraction of sp³-hybridized carbons (Fsp3) is 0.130. The van der Waals surface area contributed by atoms with Crippen LogP contribution in [0.1, 0.15) is 16.7 Å². The molecule has 3 aromatic rings. The Morgan fingerprint density at radius 2 is 1.90 bits per heavy atom. The molecule has 0 unspecified atom stereocenters. The summed E-state index contributed by atoms with van der Waals surface area (Å²) in [5.74, 6) is 0.734. The number of para-hydroxylation sites is 2. The molecule has 0 aromatic heterocycles. The number of phenolic OH excluding ortho intramolecular Hbond substituents is 1. The van der Waals surface area contributed by atoms with Crippen molar-refractivity contribution in [2.24, 2.45) is 5.10 Å². The first-order valence-corrected chi connectivity index (χ1v) is 9.74. The van der Waals surface area contributed by atoms with Gasteiger partial charge in [0, 0.05) is 10.6 Å². The lowest BCUT2D eigenvalue weighted by atomic mass is 10.0. The van der Waals surface area contributed by atoms with Gasteiger partial charge in [-0.2, -0.15) is 5.10 Å². The Morgan fingerprint density at radius 3 is 2.73 bits per heavy atom. The number of nitrogens with one attached hydrogen (secondary N) is 1. The molecule has 0 saturated heterocycles. The van der Waals surface area contributed by atoms with Crippen LogP contribution in [-0.4, -0.2) is 29.9 Å². The molecule has 0 spiro atoms. The van der Waals surface area contributed by atoms with Crippen molar-refractivity contribution in [3.63, 3.8) is 0 Å². The Bertz CT molecular complexity index is 1100. The minimum absolute atomic E-state index is 0.0575. The van der Waals surface area contributed by atoms with Gasteiger partial charge in [-0.05, 0) is 47.9 Å². The van der Waals surface area contributed by atoms with Crippen molar-refractivity contribution in [1.29, 1.82) is 0 Å². The van der Waals surface area contributed by atoms with Crippen LogP contribution in [0, 0.1) is 0 Å². The zero-order valence-electron chi connectivity index (χ0n) is 15.9. The number of benzene rings is 3. The van der Waals surface area contributed by atoms with Crippen LogP contribution in [0.4, 0.5) is 0 Å². The number of amides is 1. The lowest BCUT2D eigenvalue weighted by molar-refractivity contribution is -0.130. The number of fused-ring (bicyclic) bond motifs is 1. The van der Waals surface area contributed by atoms with Crippen LogP contribution in [0.3, 0.4) is 0 Å². The average molecular weight is 423 g/mol. The molecule has 1 aliphatic heterocycles. The Morgan fingerprint density at radius 1 is 1.13 bits per heavy atom. The highest BCUT2D eigenvalue weighted by atomic mass is 35.5. The van der Waals surface area contributed by atoms with Gasteiger partial charge in [-0.25, -0.2) is 5.43 Å². The quantitative estimate of drug-likeness (QED) is 0.482. The summed E-state index contributed by atoms with van der Waals surface area (Å²) < 4.78 is 11.2. The van der Waals surface area contributed by atoms with Crippen LogP contribution in [-0.2, 0) is 11.2 Å². The Hall–Kier alpha value is -3.51. The number of carbonyl (C=O) groups is 1. The standard InChI is InChI=1S/C23H19ClN2O4/c24-18-6-2-1-5-16(18)11-15-9-10-19(27)17(12-15)13-25-26-23(28)22-14-29-20-7-3-4-8-21(20)30-22/h1-10,12-13,22,27H,11,14H2,(H,26,28)/b25-13+/t22-/m1/s1. The van der Waals surface area contributed by atoms with Crippen molar-refractivity contribution in [2.45, 2.75) is 12.5 Å². The third-order valence-corrected chi connectivity index (χ3v) is 4.99. The van der Waals surface area contributed by atoms with Gasteiger partial charge in [0.1, 0.15) is 12.4 Å². The van der Waals surface area contributed by atoms with Gasteiger partial charge < -0.3 is 14.6 Å². The zero-order chi connectivity index (χ0) is 20.9. The Balaban J connectivity index is 1.40. The SMILES string of the molecule is O=C(N/N=C/c1cc(Cc2ccccc2Cl)ccc1O)[C@H]1COc2ccccc2O1. The van der Waals surface area contributed by atoms with E-state index in [-0.39, 0.29) is 12.4 Å². The van der Waals surface area contributed by atoms with Crippen molar-refractivity contribution in [3.8, 4) is 17.2 Å². The summed E-state index contributed by atoms with van der Waals surface area (Å²) in [6.45, 7) is 0.0942. The van der Waals surface area contributed by atoms with E-state index in [1.54, 1.807) is 30.3 Å². The molecule has 0 bridgehead atoms. The molecule has 3 aromatic carbocycles. The van der Waals surface area contributed by atoms with Crippen LogP contribution < -0.4 is 14.9 Å². The highest BCUT2D eigenvalue weighted by molar-refractivity contribution is 6.31. The van der Waals surface area contributed by atoms with Crippen molar-refractivity contribution >= 4 is 23.7 Å². The molecule has 1 heterocycles. The molecule has 0 saturated carbocycles. The molecule has 0 aliphatic carbocycles. The summed E-state index contributed by atoms with van der Waals surface area (Å²) >= 11 is 6.22. The second-order valence-corrected chi connectivity index (χ2v) is 7.17. The first-order valence-electron chi connectivity index (χ1n) is 9.37. The smallest absolute Gasteiger partial charge is 0.284 e. The molecule has 152 valence electrons. The Labute approximate surface area is 178 Å². The van der Waals surface area contributed by atoms with E-state index in [9.17, 15) is 9.90 Å². The van der Waals surface area contributed by atoms with Gasteiger partial charge in [0.05, 0.1) is 6.21 Å². The van der Waals surface area contributed by atoms with Crippen LogP contribution in [0.2, 0.25) is 5.02 Å². The van der Waals surface area contributed by atoms with E-state index in [2.05, 4.69) is 10.5 Å². The summed E-state index contributed by atoms with van der Waals surface area (Å²) in [5.41, 5.74) is 4.84. The van der Waals surface area contributed by atoms with Gasteiger partial charge in [-0.1, -0.05) is 48.0 Å². The van der Waals surface area contributed by atoms with Crippen LogP contribution >= 0.6 is 11.6 Å². The number of rotatable bonds is 5. The number of phenols is 1. The van der Waals surface area contributed by atoms with E-state index in [0.29, 0.717) is 28.5 Å². The molecule has 4 rings (SSSR count). The third-order valence-electron chi connectivity index (χ3n) is 4.62. The predicted octanol–water partition coefficient (Wildman–Crippen LogP) is 3.93. The van der Waals surface area contributed by atoms with E-state index in [1.807, 2.05) is 36.4 Å². The van der Waals surface area contributed by atoms with Crippen LogP contribution in [0.15, 0.2) is 71.8 Å². The highest BCUT2D eigenvalue weighted by Crippen LogP contribution is 2.30. The monoisotopic (exact) mass is 422 g/mol. The average Bonchev–Trinajstić information content (AvgIpc) is 2.77. The van der Waals surface area contributed by atoms with E-state index in [0.717, 1.165) is 11.1 Å². The molecule has 6 nitrogen and oxygen atoms in total. The number of ether oxygens (including phenoxy) is 2. The van der Waals surface area contributed by atoms with Gasteiger partial charge >= 0.3 is 0 Å². The summed E-state index contributed by atoms with van der Waals surface area (Å²) in [4.78, 5) is 12.3. The minimum Gasteiger partial charge on any atom is -0.507 e. The van der Waals surface area contributed by atoms with E-state index in [1.165, 1.54) is 6.21 Å². The second kappa shape index (κ2) is 8.88. The first kappa shape index (κ1) is 19.8. The molecule has 2 N–H and O–H groups in total. The van der Waals surface area contributed by atoms with Gasteiger partial charge in [0.2, 0.25) is 6.10 Å². The number of hydrogen-bond donors (Lipinski definition) is 2. The maximum Gasteiger partial charge on any atom is 0.284 e. The number of aromatic hydroxyl groups is 1. The third kappa shape index (κ3) is 4.55. The maximum atomic E-state index is 12.3. The minimum atomic E-state index is -0.808. The van der Waals surface area contributed by atoms with Crippen molar-refractivity contribution in [3.05, 3.63) is 88.4 Å². The van der Waals surface area contributed by atoms with E-state index >= 15 is 0 Å². The fourth-order valence-electron chi connectivity index (χ4n) is 3.07. The van der Waals surface area contributed by atoms with Crippen molar-refractivity contribution in [1.82, 2.24) is 5.43 Å². The van der Waals surface area contributed by atoms with E-state index < -0.39 is 12.0 Å². The lowest BCUT2D eigenvalue weighted by Gasteiger charge is -2.24. The molecular formula is C23H19ClN2O4. The number of hydrogen-bond acceptors (Lipinski definition) is 5. The molecule has 7 heteroatoms. The molecular weight excluding hydrogens is 404 g/mol. The predicted molar refractivity (Wildman–Crippen MR) is 114 cm³/mol. The maximum absolute atomic E-state index is 12.3. The molecule has 0 radical (unpaired) electrons. The Kier molecular flexibility index (Phi) is 5.86. The van der Waals surface area contributed by atoms with Crippen LogP contribution in [0.5, 0.6) is 17.2 Å². The largest absolute Gasteiger partial charge is 0.507 e. The van der Waals surface area contributed by atoms with Gasteiger partial charge in [0.25, 0.3) is 5.91 Å². The molecule has 0 fully saturated rings. The van der Waals surface area contributed by atoms with Gasteiger partial charge in [0.15, 0.2) is 11.5 Å². The van der Waals surface area contributed by atoms with Crippen molar-refractivity contribution in [2.75, 3.05) is 6.61 Å². The summed E-state index contributed by atoms with van der Waals surface area (Å²) in [7, 11) is 0. The topological polar surface area (TPSA) is 80.2 Å². The number of carbonyl (C=O) groups excluding carboxylic acids is 1. The molecule has 30 heavy (non-hydrogen) atoms. The zero-order valence-corrected chi connectivity index (χ0v) is 16.7. The molecule has 1 amide bonds. The van der Waals surface area contributed by atoms with Crippen LogP contribution in [0.25, 0.3) is 0 Å². The van der Waals surface area contributed by atoms with Gasteiger partial charge in [-0.3, -0.25) is 4.79 Å². The van der Waals surface area contributed by atoms with Gasteiger partial charge in [-0.15, -0.1) is 0 Å². The molecule has 1 aliphatic rings. The summed E-state index contributed by atoms with van der Waals surface area (Å²) in [6.07, 6.45) is 1.19. The normalized spacial score (nSPS) is 15.2. The lowest BCUT2D eigenvalue weighted by Crippen LogP contribution is -2.42.